The Kier molecular flexibility index (Phi) is 3.99. The molecule has 1 aromatic heterocycles. The van der Waals surface area contributed by atoms with Gasteiger partial charge >= 0.3 is 0 Å². The van der Waals surface area contributed by atoms with E-state index in [0.717, 1.165) is 16.9 Å². The Morgan fingerprint density at radius 1 is 1.05 bits per heavy atom. The van der Waals surface area contributed by atoms with Crippen LogP contribution in [0.1, 0.15) is 17.0 Å². The SMILES string of the molecule is OCc1nnn(-c2cccc(Cl)c2)c1Cc1ccccc1. The third kappa shape index (κ3) is 2.96. The van der Waals surface area contributed by atoms with Gasteiger partial charge in [0.15, 0.2) is 0 Å². The van der Waals surface area contributed by atoms with Gasteiger partial charge in [0.05, 0.1) is 18.0 Å². The molecule has 0 saturated heterocycles. The molecule has 0 aliphatic rings. The molecule has 21 heavy (non-hydrogen) atoms. The molecule has 3 rings (SSSR count). The van der Waals surface area contributed by atoms with Gasteiger partial charge in [0.1, 0.15) is 5.69 Å². The number of hydrogen-bond acceptors (Lipinski definition) is 3. The van der Waals surface area contributed by atoms with E-state index in [4.69, 9.17) is 11.6 Å². The van der Waals surface area contributed by atoms with E-state index in [9.17, 15) is 5.11 Å². The van der Waals surface area contributed by atoms with Gasteiger partial charge in [0.2, 0.25) is 0 Å². The number of nitrogens with zero attached hydrogens (tertiary/aromatic N) is 3. The summed E-state index contributed by atoms with van der Waals surface area (Å²) >= 11 is 6.04. The lowest BCUT2D eigenvalue weighted by atomic mass is 10.1. The molecule has 0 aliphatic carbocycles. The second-order valence-corrected chi connectivity index (χ2v) is 5.13. The number of rotatable bonds is 4. The average Bonchev–Trinajstić information content (AvgIpc) is 2.91. The van der Waals surface area contributed by atoms with Crippen LogP contribution in [0.25, 0.3) is 5.69 Å². The highest BCUT2D eigenvalue weighted by atomic mass is 35.5. The number of aliphatic hydroxyl groups excluding tert-OH is 1. The van der Waals surface area contributed by atoms with E-state index >= 15 is 0 Å². The lowest BCUT2D eigenvalue weighted by molar-refractivity contribution is 0.275. The minimum atomic E-state index is -0.136. The maximum Gasteiger partial charge on any atom is 0.112 e. The first-order chi connectivity index (χ1) is 10.3. The monoisotopic (exact) mass is 299 g/mol. The predicted octanol–water partition coefficient (Wildman–Crippen LogP) is 3.00. The molecule has 0 bridgehead atoms. The summed E-state index contributed by atoms with van der Waals surface area (Å²) in [6.45, 7) is -0.136. The number of halogens is 1. The van der Waals surface area contributed by atoms with E-state index in [1.165, 1.54) is 0 Å². The molecular formula is C16H14ClN3O. The molecule has 0 unspecified atom stereocenters. The van der Waals surface area contributed by atoms with Crippen LogP contribution in [0.3, 0.4) is 0 Å². The van der Waals surface area contributed by atoms with E-state index in [2.05, 4.69) is 10.3 Å². The molecule has 0 spiro atoms. The second kappa shape index (κ2) is 6.08. The van der Waals surface area contributed by atoms with Crippen LogP contribution in [-0.2, 0) is 13.0 Å². The first-order valence-corrected chi connectivity index (χ1v) is 7.00. The van der Waals surface area contributed by atoms with E-state index in [-0.39, 0.29) is 6.61 Å². The van der Waals surface area contributed by atoms with Crippen molar-refractivity contribution in [3.8, 4) is 5.69 Å². The molecule has 2 aromatic carbocycles. The Morgan fingerprint density at radius 2 is 1.86 bits per heavy atom. The van der Waals surface area contributed by atoms with Crippen molar-refractivity contribution in [1.29, 1.82) is 0 Å². The van der Waals surface area contributed by atoms with Crippen molar-refractivity contribution < 1.29 is 5.11 Å². The maximum atomic E-state index is 9.47. The largest absolute Gasteiger partial charge is 0.390 e. The molecular weight excluding hydrogens is 286 g/mol. The Morgan fingerprint density at radius 3 is 2.57 bits per heavy atom. The molecule has 0 aliphatic heterocycles. The van der Waals surface area contributed by atoms with Gasteiger partial charge in [-0.05, 0) is 23.8 Å². The third-order valence-electron chi connectivity index (χ3n) is 3.26. The van der Waals surface area contributed by atoms with Crippen LogP contribution in [0.15, 0.2) is 54.6 Å². The number of aromatic nitrogens is 3. The fourth-order valence-electron chi connectivity index (χ4n) is 2.24. The summed E-state index contributed by atoms with van der Waals surface area (Å²) in [6, 6.07) is 17.4. The van der Waals surface area contributed by atoms with Gasteiger partial charge in [-0.25, -0.2) is 4.68 Å². The molecule has 0 amide bonds. The van der Waals surface area contributed by atoms with Crippen molar-refractivity contribution in [3.63, 3.8) is 0 Å². The van der Waals surface area contributed by atoms with Gasteiger partial charge in [-0.2, -0.15) is 0 Å². The van der Waals surface area contributed by atoms with Gasteiger partial charge in [0, 0.05) is 11.4 Å². The maximum absolute atomic E-state index is 9.47. The molecule has 0 saturated carbocycles. The molecule has 0 atom stereocenters. The number of hydrogen-bond donors (Lipinski definition) is 1. The summed E-state index contributed by atoms with van der Waals surface area (Å²) in [4.78, 5) is 0. The summed E-state index contributed by atoms with van der Waals surface area (Å²) < 4.78 is 1.73. The standard InChI is InChI=1S/C16H14ClN3O/c17-13-7-4-8-14(10-13)20-16(15(11-21)18-19-20)9-12-5-2-1-3-6-12/h1-8,10,21H,9,11H2. The van der Waals surface area contributed by atoms with E-state index in [0.29, 0.717) is 17.1 Å². The van der Waals surface area contributed by atoms with E-state index in [1.807, 2.05) is 54.6 Å². The molecule has 5 heteroatoms. The van der Waals surface area contributed by atoms with Crippen molar-refractivity contribution >= 4 is 11.6 Å². The van der Waals surface area contributed by atoms with Crippen LogP contribution in [0.2, 0.25) is 5.02 Å². The van der Waals surface area contributed by atoms with Crippen LogP contribution in [0.4, 0.5) is 0 Å². The Balaban J connectivity index is 2.04. The molecule has 1 N–H and O–H groups in total. The topological polar surface area (TPSA) is 50.9 Å². The van der Waals surface area contributed by atoms with Crippen LogP contribution < -0.4 is 0 Å². The second-order valence-electron chi connectivity index (χ2n) is 4.69. The molecule has 4 nitrogen and oxygen atoms in total. The quantitative estimate of drug-likeness (QED) is 0.806. The highest BCUT2D eigenvalue weighted by Crippen LogP contribution is 2.19. The molecule has 106 valence electrons. The summed E-state index contributed by atoms with van der Waals surface area (Å²) in [5.74, 6) is 0. The van der Waals surface area contributed by atoms with Gasteiger partial charge in [0.25, 0.3) is 0 Å². The molecule has 0 radical (unpaired) electrons. The molecule has 1 heterocycles. The minimum absolute atomic E-state index is 0.136. The van der Waals surface area contributed by atoms with Crippen LogP contribution >= 0.6 is 11.6 Å². The Bertz CT molecular complexity index is 740. The average molecular weight is 300 g/mol. The first-order valence-electron chi connectivity index (χ1n) is 6.62. The lowest BCUT2D eigenvalue weighted by Crippen LogP contribution is -2.05. The van der Waals surface area contributed by atoms with Gasteiger partial charge < -0.3 is 5.11 Å². The Hall–Kier alpha value is -2.17. The lowest BCUT2D eigenvalue weighted by Gasteiger charge is -2.08. The summed E-state index contributed by atoms with van der Waals surface area (Å²) in [5.41, 5.74) is 3.42. The number of aliphatic hydroxyl groups is 1. The summed E-state index contributed by atoms with van der Waals surface area (Å²) in [6.07, 6.45) is 0.649. The Labute approximate surface area is 127 Å². The van der Waals surface area contributed by atoms with Crippen LogP contribution in [-0.4, -0.2) is 20.1 Å². The fourth-order valence-corrected chi connectivity index (χ4v) is 2.42. The van der Waals surface area contributed by atoms with Crippen LogP contribution in [0, 0.1) is 0 Å². The summed E-state index contributed by atoms with van der Waals surface area (Å²) in [7, 11) is 0. The molecule has 3 aromatic rings. The normalized spacial score (nSPS) is 10.8. The molecule has 0 fully saturated rings. The first kappa shape index (κ1) is 13.8. The summed E-state index contributed by atoms with van der Waals surface area (Å²) in [5, 5.41) is 18.3. The predicted molar refractivity (Wildman–Crippen MR) is 81.5 cm³/mol. The van der Waals surface area contributed by atoms with E-state index < -0.39 is 0 Å². The zero-order valence-electron chi connectivity index (χ0n) is 11.3. The third-order valence-corrected chi connectivity index (χ3v) is 3.50. The minimum Gasteiger partial charge on any atom is -0.390 e. The zero-order valence-corrected chi connectivity index (χ0v) is 12.0. The van der Waals surface area contributed by atoms with Crippen molar-refractivity contribution in [2.45, 2.75) is 13.0 Å². The van der Waals surface area contributed by atoms with E-state index in [1.54, 1.807) is 4.68 Å². The van der Waals surface area contributed by atoms with Gasteiger partial charge in [-0.1, -0.05) is 53.2 Å². The highest BCUT2D eigenvalue weighted by Gasteiger charge is 2.14. The van der Waals surface area contributed by atoms with Crippen LogP contribution in [0.5, 0.6) is 0 Å². The van der Waals surface area contributed by atoms with Crippen molar-refractivity contribution in [2.24, 2.45) is 0 Å². The fraction of sp³-hybridized carbons (Fsp3) is 0.125. The zero-order chi connectivity index (χ0) is 14.7. The van der Waals surface area contributed by atoms with Gasteiger partial charge in [-0.15, -0.1) is 5.10 Å². The van der Waals surface area contributed by atoms with Gasteiger partial charge in [-0.3, -0.25) is 0 Å². The highest BCUT2D eigenvalue weighted by molar-refractivity contribution is 6.30. The van der Waals surface area contributed by atoms with Crippen molar-refractivity contribution in [3.05, 3.63) is 76.6 Å². The number of benzene rings is 2. The smallest absolute Gasteiger partial charge is 0.112 e. The van der Waals surface area contributed by atoms with Crippen molar-refractivity contribution in [2.75, 3.05) is 0 Å². The van der Waals surface area contributed by atoms with Crippen molar-refractivity contribution in [1.82, 2.24) is 15.0 Å².